The van der Waals surface area contributed by atoms with Gasteiger partial charge in [-0.3, -0.25) is 10.1 Å². The van der Waals surface area contributed by atoms with Crippen molar-refractivity contribution in [1.29, 1.82) is 0 Å². The molecule has 138 valence electrons. The third-order valence-electron chi connectivity index (χ3n) is 3.01. The summed E-state index contributed by atoms with van der Waals surface area (Å²) in [5.41, 5.74) is 0.385. The molecule has 0 aliphatic carbocycles. The van der Waals surface area contributed by atoms with E-state index in [0.29, 0.717) is 5.56 Å². The second kappa shape index (κ2) is 9.47. The maximum atomic E-state index is 12.4. The molecule has 2 rings (SSSR count). The lowest BCUT2D eigenvalue weighted by Crippen LogP contribution is -2.35. The number of amides is 2. The lowest BCUT2D eigenvalue weighted by molar-refractivity contribution is -0.145. The summed E-state index contributed by atoms with van der Waals surface area (Å²) in [5.74, 6) is -1.13. The Morgan fingerprint density at radius 3 is 2.42 bits per heavy atom. The molecule has 0 aliphatic rings. The highest BCUT2D eigenvalue weighted by Gasteiger charge is 2.28. The Morgan fingerprint density at radius 2 is 1.77 bits per heavy atom. The summed E-state index contributed by atoms with van der Waals surface area (Å²) in [6.45, 7) is 3.67. The molecule has 0 aliphatic heterocycles. The number of nitrogens with zero attached hydrogens (tertiary/aromatic N) is 2. The third kappa shape index (κ3) is 5.24. The molecule has 0 unspecified atom stereocenters. The number of carbonyl (C=O) groups is 3. The first-order valence-corrected chi connectivity index (χ1v) is 8.66. The van der Waals surface area contributed by atoms with Crippen LogP contribution >= 0.6 is 11.3 Å². The number of rotatable bonds is 7. The van der Waals surface area contributed by atoms with E-state index in [0.717, 1.165) is 11.3 Å². The van der Waals surface area contributed by atoms with Crippen molar-refractivity contribution >= 4 is 34.4 Å². The molecule has 1 aromatic carbocycles. The zero-order valence-corrected chi connectivity index (χ0v) is 15.0. The first-order valence-electron chi connectivity index (χ1n) is 7.84. The molecule has 1 atom stereocenters. The standard InChI is InChI=1S/C16H18N4O5S/c1-3-24-14(22)11(17-12(21)10-8-6-5-7-9-10)13-19-20-15(26-13)18-16(23)25-4-2/h5-9,11H,3-4H2,1-2H3,(H,17,21)(H,18,20,23)/t11-/m0/s1. The largest absolute Gasteiger partial charge is 0.464 e. The van der Waals surface area contributed by atoms with E-state index < -0.39 is 24.0 Å². The number of ether oxygens (including phenoxy) is 2. The van der Waals surface area contributed by atoms with Gasteiger partial charge < -0.3 is 14.8 Å². The van der Waals surface area contributed by atoms with E-state index in [1.54, 1.807) is 44.2 Å². The van der Waals surface area contributed by atoms with Crippen molar-refractivity contribution in [1.82, 2.24) is 15.5 Å². The lowest BCUT2D eigenvalue weighted by atomic mass is 10.2. The van der Waals surface area contributed by atoms with Crippen molar-refractivity contribution < 1.29 is 23.9 Å². The Morgan fingerprint density at radius 1 is 1.08 bits per heavy atom. The Labute approximate surface area is 153 Å². The van der Waals surface area contributed by atoms with Crippen LogP contribution in [0.15, 0.2) is 30.3 Å². The highest BCUT2D eigenvalue weighted by atomic mass is 32.1. The van der Waals surface area contributed by atoms with Crippen molar-refractivity contribution in [3.05, 3.63) is 40.9 Å². The second-order valence-corrected chi connectivity index (χ2v) is 5.82. The highest BCUT2D eigenvalue weighted by Crippen LogP contribution is 2.23. The Bertz CT molecular complexity index is 765. The predicted molar refractivity (Wildman–Crippen MR) is 93.8 cm³/mol. The van der Waals surface area contributed by atoms with Crippen molar-refractivity contribution in [2.45, 2.75) is 19.9 Å². The molecular weight excluding hydrogens is 360 g/mol. The molecule has 10 heteroatoms. The maximum Gasteiger partial charge on any atom is 0.413 e. The smallest absolute Gasteiger partial charge is 0.413 e. The minimum atomic E-state index is -1.14. The van der Waals surface area contributed by atoms with Gasteiger partial charge in [0.2, 0.25) is 5.13 Å². The number of esters is 1. The molecule has 2 aromatic rings. The SMILES string of the molecule is CCOC(=O)Nc1nnc([C@H](NC(=O)c2ccccc2)C(=O)OCC)s1. The lowest BCUT2D eigenvalue weighted by Gasteiger charge is -2.14. The maximum absolute atomic E-state index is 12.4. The Hall–Kier alpha value is -3.01. The number of benzene rings is 1. The van der Waals surface area contributed by atoms with Gasteiger partial charge >= 0.3 is 12.1 Å². The molecule has 0 saturated heterocycles. The van der Waals surface area contributed by atoms with Crippen LogP contribution in [-0.2, 0) is 14.3 Å². The topological polar surface area (TPSA) is 120 Å². The second-order valence-electron chi connectivity index (χ2n) is 4.82. The van der Waals surface area contributed by atoms with Crippen LogP contribution in [0.5, 0.6) is 0 Å². The number of nitrogens with one attached hydrogen (secondary N) is 2. The van der Waals surface area contributed by atoms with Gasteiger partial charge in [0.25, 0.3) is 5.91 Å². The van der Waals surface area contributed by atoms with Crippen LogP contribution in [0.2, 0.25) is 0 Å². The van der Waals surface area contributed by atoms with Gasteiger partial charge in [-0.1, -0.05) is 29.5 Å². The molecule has 2 N–H and O–H groups in total. The molecule has 26 heavy (non-hydrogen) atoms. The van der Waals surface area contributed by atoms with Crippen LogP contribution < -0.4 is 10.6 Å². The molecule has 0 spiro atoms. The monoisotopic (exact) mass is 378 g/mol. The average Bonchev–Trinajstić information content (AvgIpc) is 3.08. The summed E-state index contributed by atoms with van der Waals surface area (Å²) in [6.07, 6.45) is -0.684. The molecule has 2 amide bonds. The van der Waals surface area contributed by atoms with E-state index in [2.05, 4.69) is 20.8 Å². The number of hydrogen-bond donors (Lipinski definition) is 2. The summed E-state index contributed by atoms with van der Waals surface area (Å²) in [7, 11) is 0. The normalized spacial score (nSPS) is 11.3. The van der Waals surface area contributed by atoms with Gasteiger partial charge in [-0.2, -0.15) is 0 Å². The molecule has 1 aromatic heterocycles. The van der Waals surface area contributed by atoms with Crippen LogP contribution in [0, 0.1) is 0 Å². The fraction of sp³-hybridized carbons (Fsp3) is 0.312. The first-order chi connectivity index (χ1) is 12.5. The van der Waals surface area contributed by atoms with Gasteiger partial charge in [0.15, 0.2) is 11.0 Å². The van der Waals surface area contributed by atoms with Crippen molar-refractivity contribution in [3.63, 3.8) is 0 Å². The average molecular weight is 378 g/mol. The van der Waals surface area contributed by atoms with E-state index in [9.17, 15) is 14.4 Å². The van der Waals surface area contributed by atoms with Crippen LogP contribution in [0.3, 0.4) is 0 Å². The van der Waals surface area contributed by atoms with Crippen LogP contribution in [-0.4, -0.2) is 41.4 Å². The number of aromatic nitrogens is 2. The minimum Gasteiger partial charge on any atom is -0.464 e. The van der Waals surface area contributed by atoms with Crippen molar-refractivity contribution in [2.24, 2.45) is 0 Å². The van der Waals surface area contributed by atoms with E-state index in [-0.39, 0.29) is 23.4 Å². The van der Waals surface area contributed by atoms with Gasteiger partial charge in [0, 0.05) is 5.56 Å². The fourth-order valence-electron chi connectivity index (χ4n) is 1.91. The molecule has 0 saturated carbocycles. The summed E-state index contributed by atoms with van der Waals surface area (Å²) in [4.78, 5) is 36.0. The summed E-state index contributed by atoms with van der Waals surface area (Å²) in [6, 6.07) is 7.29. The summed E-state index contributed by atoms with van der Waals surface area (Å²) in [5, 5.41) is 12.9. The molecule has 9 nitrogen and oxygen atoms in total. The van der Waals surface area contributed by atoms with E-state index >= 15 is 0 Å². The fourth-order valence-corrected chi connectivity index (χ4v) is 2.68. The van der Waals surface area contributed by atoms with Crippen molar-refractivity contribution in [2.75, 3.05) is 18.5 Å². The van der Waals surface area contributed by atoms with Gasteiger partial charge in [-0.25, -0.2) is 9.59 Å². The number of hydrogen-bond acceptors (Lipinski definition) is 8. The molecule has 0 bridgehead atoms. The first kappa shape index (κ1) is 19.3. The van der Waals surface area contributed by atoms with Crippen LogP contribution in [0.1, 0.15) is 35.3 Å². The third-order valence-corrected chi connectivity index (χ3v) is 3.91. The van der Waals surface area contributed by atoms with Gasteiger partial charge in [-0.05, 0) is 26.0 Å². The molecule has 1 heterocycles. The number of anilines is 1. The van der Waals surface area contributed by atoms with E-state index in [4.69, 9.17) is 9.47 Å². The van der Waals surface area contributed by atoms with Crippen LogP contribution in [0.4, 0.5) is 9.93 Å². The zero-order valence-electron chi connectivity index (χ0n) is 14.2. The van der Waals surface area contributed by atoms with Gasteiger partial charge in [0.1, 0.15) is 0 Å². The summed E-state index contributed by atoms with van der Waals surface area (Å²) < 4.78 is 9.75. The van der Waals surface area contributed by atoms with Gasteiger partial charge in [-0.15, -0.1) is 10.2 Å². The Balaban J connectivity index is 2.17. The van der Waals surface area contributed by atoms with Crippen molar-refractivity contribution in [3.8, 4) is 0 Å². The molecular formula is C16H18N4O5S. The Kier molecular flexibility index (Phi) is 7.03. The van der Waals surface area contributed by atoms with Gasteiger partial charge in [0.05, 0.1) is 13.2 Å². The number of carbonyl (C=O) groups excluding carboxylic acids is 3. The summed E-state index contributed by atoms with van der Waals surface area (Å²) >= 11 is 0.937. The predicted octanol–water partition coefficient (Wildman–Crippen LogP) is 2.14. The minimum absolute atomic E-state index is 0.140. The van der Waals surface area contributed by atoms with E-state index in [1.165, 1.54) is 0 Å². The molecule has 0 radical (unpaired) electrons. The van der Waals surface area contributed by atoms with E-state index in [1.807, 2.05) is 0 Å². The molecule has 0 fully saturated rings. The van der Waals surface area contributed by atoms with Crippen LogP contribution in [0.25, 0.3) is 0 Å². The highest BCUT2D eigenvalue weighted by molar-refractivity contribution is 7.15. The quantitative estimate of drug-likeness (QED) is 0.708. The zero-order chi connectivity index (χ0) is 18.9.